The van der Waals surface area contributed by atoms with Crippen LogP contribution in [0, 0.1) is 0 Å². The predicted molar refractivity (Wildman–Crippen MR) is 130 cm³/mol. The van der Waals surface area contributed by atoms with Gasteiger partial charge < -0.3 is 26.1 Å². The number of carboxylic acids is 2. The van der Waals surface area contributed by atoms with E-state index in [1.54, 1.807) is 0 Å². The van der Waals surface area contributed by atoms with Crippen molar-refractivity contribution in [2.75, 3.05) is 24.3 Å². The van der Waals surface area contributed by atoms with Crippen LogP contribution in [0.2, 0.25) is 0 Å². The minimum Gasteiger partial charge on any atom is -0.477 e. The maximum absolute atomic E-state index is 12.9. The van der Waals surface area contributed by atoms with Gasteiger partial charge in [0, 0.05) is 16.9 Å². The number of oxime groups is 1. The molecule has 0 radical (unpaired) electrons. The Morgan fingerprint density at radius 1 is 1.34 bits per heavy atom. The van der Waals surface area contributed by atoms with Crippen molar-refractivity contribution in [3.8, 4) is 0 Å². The van der Waals surface area contributed by atoms with Gasteiger partial charge in [0.05, 0.1) is 9.72 Å². The number of hydrogen-bond acceptors (Lipinski definition) is 13. The Kier molecular flexibility index (Phi) is 7.29. The summed E-state index contributed by atoms with van der Waals surface area (Å²) in [7, 11) is 1.26. The summed E-state index contributed by atoms with van der Waals surface area (Å²) in [6.07, 6.45) is 0. The normalized spacial score (nSPS) is 19.7. The van der Waals surface area contributed by atoms with E-state index in [-0.39, 0.29) is 39.4 Å². The number of carbonyl (C=O) groups is 4. The molecule has 0 aromatic carbocycles. The first-order chi connectivity index (χ1) is 16.7. The number of anilines is 1. The van der Waals surface area contributed by atoms with Crippen LogP contribution in [-0.2, 0) is 19.2 Å². The molecule has 2 aromatic heterocycles. The predicted octanol–water partition coefficient (Wildman–Crippen LogP) is 0.761. The van der Waals surface area contributed by atoms with Crippen molar-refractivity contribution in [3.05, 3.63) is 33.5 Å². The number of rotatable bonds is 9. The second-order valence-corrected chi connectivity index (χ2v) is 11.0. The summed E-state index contributed by atoms with van der Waals surface area (Å²) in [6, 6.07) is -0.978. The fourth-order valence-corrected chi connectivity index (χ4v) is 7.26. The highest BCUT2D eigenvalue weighted by Crippen LogP contribution is 2.42. The number of nitrogens with one attached hydrogen (secondary N) is 1. The van der Waals surface area contributed by atoms with Crippen molar-refractivity contribution < 1.29 is 34.2 Å². The summed E-state index contributed by atoms with van der Waals surface area (Å²) < 4.78 is 0.439. The van der Waals surface area contributed by atoms with Crippen LogP contribution in [0.3, 0.4) is 0 Å². The van der Waals surface area contributed by atoms with Gasteiger partial charge in [0.1, 0.15) is 29.9 Å². The van der Waals surface area contributed by atoms with Crippen molar-refractivity contribution in [1.82, 2.24) is 20.2 Å². The number of aromatic nitrogens is 2. The highest BCUT2D eigenvalue weighted by Gasteiger charge is 2.54. The molecule has 17 heteroatoms. The van der Waals surface area contributed by atoms with E-state index < -0.39 is 35.2 Å². The first-order valence-corrected chi connectivity index (χ1v) is 13.3. The number of nitrogens with zero attached hydrogens (tertiary/aromatic N) is 4. The number of fused-ring (bicyclic) bond motifs is 1. The third kappa shape index (κ3) is 4.84. The second kappa shape index (κ2) is 10.2. The molecule has 2 atom stereocenters. The third-order valence-corrected chi connectivity index (χ3v) is 9.04. The molecule has 2 aromatic rings. The van der Waals surface area contributed by atoms with Gasteiger partial charge in [0.15, 0.2) is 16.5 Å². The van der Waals surface area contributed by atoms with Crippen molar-refractivity contribution in [1.29, 1.82) is 0 Å². The lowest BCUT2D eigenvalue weighted by atomic mass is 10.0. The van der Waals surface area contributed by atoms with E-state index in [9.17, 15) is 29.4 Å². The topological polar surface area (TPSA) is 197 Å². The van der Waals surface area contributed by atoms with Crippen molar-refractivity contribution in [2.45, 2.75) is 15.6 Å². The Morgan fingerprint density at radius 3 is 2.74 bits per heavy atom. The molecule has 2 amide bonds. The molecule has 5 N–H and O–H groups in total. The van der Waals surface area contributed by atoms with Gasteiger partial charge in [-0.25, -0.2) is 19.6 Å². The molecule has 1 saturated heterocycles. The van der Waals surface area contributed by atoms with Gasteiger partial charge >= 0.3 is 11.9 Å². The molecule has 0 bridgehead atoms. The van der Waals surface area contributed by atoms with Crippen molar-refractivity contribution >= 4 is 80.8 Å². The Balaban J connectivity index is 1.50. The number of thioether (sulfide) groups is 2. The molecular formula is C18H16N6O7S4. The zero-order chi connectivity index (χ0) is 25.3. The van der Waals surface area contributed by atoms with Crippen LogP contribution < -0.4 is 11.1 Å². The largest absolute Gasteiger partial charge is 0.477 e. The average molecular weight is 557 g/mol. The third-order valence-electron chi connectivity index (χ3n) is 4.81. The fourth-order valence-electron chi connectivity index (χ4n) is 3.33. The standard InChI is InChI=1S/C18H16N6O7S4/c1-31-23-8(7-4-34-18(19)21-7)12(25)22-9-13(26)24-11(16(29)30)6(2-32-14(9)24)3-33-17-10(15(27)28)20-5-35-17/h4-5,9,14H,2-3H2,1H3,(H2,19,21)(H,22,25)(H,27,28)(H,29,30)/b23-8-/t9?,14-/m1/s1. The number of nitrogen functional groups attached to an aromatic ring is 1. The molecule has 1 unspecified atom stereocenters. The fraction of sp³-hybridized carbons (Fsp3) is 0.278. The van der Waals surface area contributed by atoms with E-state index in [0.29, 0.717) is 9.78 Å². The lowest BCUT2D eigenvalue weighted by Gasteiger charge is -2.49. The zero-order valence-corrected chi connectivity index (χ0v) is 20.9. The van der Waals surface area contributed by atoms with Crippen LogP contribution in [-0.4, -0.2) is 84.6 Å². The van der Waals surface area contributed by atoms with Gasteiger partial charge in [0.25, 0.3) is 11.8 Å². The lowest BCUT2D eigenvalue weighted by Crippen LogP contribution is -2.71. The van der Waals surface area contributed by atoms with Gasteiger partial charge in [-0.2, -0.15) is 0 Å². The van der Waals surface area contributed by atoms with Gasteiger partial charge in [-0.3, -0.25) is 14.5 Å². The zero-order valence-electron chi connectivity index (χ0n) is 17.7. The quantitative estimate of drug-likeness (QED) is 0.147. The Morgan fingerprint density at radius 2 is 2.11 bits per heavy atom. The molecule has 2 aliphatic heterocycles. The molecule has 0 spiro atoms. The number of aromatic carboxylic acids is 1. The summed E-state index contributed by atoms with van der Waals surface area (Å²) in [5.41, 5.74) is 7.22. The second-order valence-electron chi connectivity index (χ2n) is 6.89. The van der Waals surface area contributed by atoms with Gasteiger partial charge in [-0.1, -0.05) is 5.16 Å². The summed E-state index contributed by atoms with van der Waals surface area (Å²) in [5.74, 6) is -3.32. The number of hydrogen-bond donors (Lipinski definition) is 4. The molecule has 35 heavy (non-hydrogen) atoms. The molecule has 184 valence electrons. The first kappa shape index (κ1) is 25.0. The van der Waals surface area contributed by atoms with Crippen LogP contribution in [0.25, 0.3) is 0 Å². The molecule has 0 saturated carbocycles. The van der Waals surface area contributed by atoms with E-state index in [1.165, 1.54) is 29.8 Å². The SMILES string of the molecule is CO/N=C(\C(=O)NC1C(=O)N2C(C(=O)O)=C(CSc3scnc3C(=O)O)CS[C@H]12)c1csc(N)n1. The van der Waals surface area contributed by atoms with Gasteiger partial charge in [-0.05, 0) is 5.57 Å². The molecule has 2 aliphatic rings. The molecule has 13 nitrogen and oxygen atoms in total. The van der Waals surface area contributed by atoms with Crippen molar-refractivity contribution in [3.63, 3.8) is 0 Å². The minimum absolute atomic E-state index is 0.1000. The lowest BCUT2D eigenvalue weighted by molar-refractivity contribution is -0.150. The number of carbonyl (C=O) groups excluding carboxylic acids is 2. The molecule has 1 fully saturated rings. The molecular weight excluding hydrogens is 541 g/mol. The number of β-lactam (4-membered cyclic amide) rings is 1. The monoisotopic (exact) mass is 556 g/mol. The minimum atomic E-state index is -1.29. The Hall–Kier alpha value is -3.15. The van der Waals surface area contributed by atoms with E-state index in [0.717, 1.165) is 39.3 Å². The molecule has 4 rings (SSSR count). The van der Waals surface area contributed by atoms with Crippen LogP contribution >= 0.6 is 46.2 Å². The smallest absolute Gasteiger partial charge is 0.356 e. The number of aliphatic carboxylic acids is 1. The maximum Gasteiger partial charge on any atom is 0.356 e. The van der Waals surface area contributed by atoms with Gasteiger partial charge in [0.2, 0.25) is 0 Å². The average Bonchev–Trinajstić information content (AvgIpc) is 3.47. The Labute approximate surface area is 213 Å². The van der Waals surface area contributed by atoms with Crippen LogP contribution in [0.4, 0.5) is 5.13 Å². The highest BCUT2D eigenvalue weighted by molar-refractivity contribution is 8.02. The number of nitrogens with two attached hydrogens (primary N) is 1. The van der Waals surface area contributed by atoms with Crippen LogP contribution in [0.15, 0.2) is 31.5 Å². The number of amides is 2. The summed E-state index contributed by atoms with van der Waals surface area (Å²) in [4.78, 5) is 62.7. The number of carboxylic acid groups (broad SMARTS) is 2. The highest BCUT2D eigenvalue weighted by atomic mass is 32.2. The van der Waals surface area contributed by atoms with Crippen LogP contribution in [0.5, 0.6) is 0 Å². The van der Waals surface area contributed by atoms with Gasteiger partial charge in [-0.15, -0.1) is 46.2 Å². The van der Waals surface area contributed by atoms with E-state index in [1.807, 2.05) is 0 Å². The summed E-state index contributed by atoms with van der Waals surface area (Å²) >= 11 is 4.68. The summed E-state index contributed by atoms with van der Waals surface area (Å²) in [6.45, 7) is 0. The van der Waals surface area contributed by atoms with E-state index in [2.05, 4.69) is 20.4 Å². The Bertz CT molecular complexity index is 1270. The molecule has 4 heterocycles. The number of thiazole rings is 2. The molecule has 0 aliphatic carbocycles. The van der Waals surface area contributed by atoms with E-state index in [4.69, 9.17) is 10.6 Å². The first-order valence-electron chi connectivity index (χ1n) is 9.55. The van der Waals surface area contributed by atoms with Crippen LogP contribution in [0.1, 0.15) is 16.2 Å². The van der Waals surface area contributed by atoms with E-state index >= 15 is 0 Å². The van der Waals surface area contributed by atoms with Crippen molar-refractivity contribution in [2.24, 2.45) is 5.16 Å². The maximum atomic E-state index is 12.9. The summed E-state index contributed by atoms with van der Waals surface area (Å²) in [5, 5.41) is 26.4.